The topological polar surface area (TPSA) is 31.4 Å². The van der Waals surface area contributed by atoms with Crippen molar-refractivity contribution in [2.45, 2.75) is 12.8 Å². The van der Waals surface area contributed by atoms with Crippen LogP contribution >= 0.6 is 0 Å². The van der Waals surface area contributed by atoms with Gasteiger partial charge in [-0.15, -0.1) is 0 Å². The highest BCUT2D eigenvalue weighted by molar-refractivity contribution is 5.46. The van der Waals surface area contributed by atoms with E-state index in [2.05, 4.69) is 33.2 Å². The molecule has 0 radical (unpaired) electrons. The smallest absolute Gasteiger partial charge is 0.130 e. The van der Waals surface area contributed by atoms with Crippen molar-refractivity contribution in [1.29, 1.82) is 0 Å². The largest absolute Gasteiger partial charge is 0.373 e. The molecule has 1 saturated heterocycles. The number of pyridine rings is 1. The number of nitrogens with zero attached hydrogens (tertiary/aromatic N) is 3. The van der Waals surface area contributed by atoms with Crippen LogP contribution in [0.2, 0.25) is 0 Å². The SMILES string of the molecule is CNc1cccc(N(C)CCN2CCCC2)n1. The van der Waals surface area contributed by atoms with Crippen molar-refractivity contribution in [2.24, 2.45) is 0 Å². The molecule has 4 heteroatoms. The maximum absolute atomic E-state index is 4.53. The molecule has 0 spiro atoms. The normalized spacial score (nSPS) is 16.1. The first kappa shape index (κ1) is 12.2. The maximum atomic E-state index is 4.53. The standard InChI is InChI=1S/C13H22N4/c1-14-12-6-5-7-13(15-12)16(2)10-11-17-8-3-4-9-17/h5-7H,3-4,8-11H2,1-2H3,(H,14,15). The first-order valence-corrected chi connectivity index (χ1v) is 6.38. The fourth-order valence-corrected chi connectivity index (χ4v) is 2.19. The predicted molar refractivity (Wildman–Crippen MR) is 72.7 cm³/mol. The molecule has 0 aliphatic carbocycles. The number of hydrogen-bond donors (Lipinski definition) is 1. The molecule has 0 aromatic carbocycles. The molecule has 94 valence electrons. The molecule has 4 nitrogen and oxygen atoms in total. The van der Waals surface area contributed by atoms with Crippen LogP contribution in [0.4, 0.5) is 11.6 Å². The molecule has 1 aromatic rings. The van der Waals surface area contributed by atoms with Gasteiger partial charge in [0.25, 0.3) is 0 Å². The lowest BCUT2D eigenvalue weighted by molar-refractivity contribution is 0.346. The summed E-state index contributed by atoms with van der Waals surface area (Å²) in [5.74, 6) is 1.96. The highest BCUT2D eigenvalue weighted by atomic mass is 15.2. The van der Waals surface area contributed by atoms with Crippen molar-refractivity contribution < 1.29 is 0 Å². The fourth-order valence-electron chi connectivity index (χ4n) is 2.19. The lowest BCUT2D eigenvalue weighted by Crippen LogP contribution is -2.31. The number of anilines is 2. The number of rotatable bonds is 5. The molecular formula is C13H22N4. The summed E-state index contributed by atoms with van der Waals surface area (Å²) in [6, 6.07) is 6.09. The van der Waals surface area contributed by atoms with Crippen molar-refractivity contribution in [3.8, 4) is 0 Å². The van der Waals surface area contributed by atoms with Crippen LogP contribution in [0.3, 0.4) is 0 Å². The molecule has 1 aromatic heterocycles. The summed E-state index contributed by atoms with van der Waals surface area (Å²) in [4.78, 5) is 9.28. The van der Waals surface area contributed by atoms with Crippen molar-refractivity contribution in [3.63, 3.8) is 0 Å². The predicted octanol–water partition coefficient (Wildman–Crippen LogP) is 1.66. The zero-order chi connectivity index (χ0) is 12.1. The molecule has 2 rings (SSSR count). The van der Waals surface area contributed by atoms with Crippen LogP contribution in [-0.2, 0) is 0 Å². The van der Waals surface area contributed by atoms with Gasteiger partial charge in [0.05, 0.1) is 0 Å². The molecule has 1 fully saturated rings. The third kappa shape index (κ3) is 3.33. The molecule has 0 bridgehead atoms. The van der Waals surface area contributed by atoms with Crippen molar-refractivity contribution in [1.82, 2.24) is 9.88 Å². The van der Waals surface area contributed by atoms with Crippen LogP contribution in [0.25, 0.3) is 0 Å². The lowest BCUT2D eigenvalue weighted by Gasteiger charge is -2.22. The van der Waals surface area contributed by atoms with Crippen LogP contribution in [0.1, 0.15) is 12.8 Å². The van der Waals surface area contributed by atoms with Crippen LogP contribution in [0, 0.1) is 0 Å². The van der Waals surface area contributed by atoms with Gasteiger partial charge in [-0.3, -0.25) is 0 Å². The Bertz CT molecular complexity index is 347. The van der Waals surface area contributed by atoms with E-state index in [1.807, 2.05) is 19.2 Å². The highest BCUT2D eigenvalue weighted by Gasteiger charge is 2.12. The number of hydrogen-bond acceptors (Lipinski definition) is 4. The van der Waals surface area contributed by atoms with Crippen LogP contribution in [-0.4, -0.2) is 50.2 Å². The molecule has 0 saturated carbocycles. The summed E-state index contributed by atoms with van der Waals surface area (Å²) in [5, 5.41) is 3.07. The lowest BCUT2D eigenvalue weighted by atomic mass is 10.4. The van der Waals surface area contributed by atoms with Crippen LogP contribution in [0.5, 0.6) is 0 Å². The van der Waals surface area contributed by atoms with E-state index in [1.54, 1.807) is 0 Å². The number of nitrogens with one attached hydrogen (secondary N) is 1. The van der Waals surface area contributed by atoms with E-state index < -0.39 is 0 Å². The van der Waals surface area contributed by atoms with Crippen LogP contribution in [0.15, 0.2) is 18.2 Å². The molecule has 2 heterocycles. The van der Waals surface area contributed by atoms with E-state index in [0.29, 0.717) is 0 Å². The summed E-state index contributed by atoms with van der Waals surface area (Å²) in [7, 11) is 4.01. The molecule has 1 N–H and O–H groups in total. The van der Waals surface area contributed by atoms with E-state index in [1.165, 1.54) is 25.9 Å². The van der Waals surface area contributed by atoms with E-state index in [9.17, 15) is 0 Å². The Labute approximate surface area is 104 Å². The quantitative estimate of drug-likeness (QED) is 0.839. The average Bonchev–Trinajstić information content (AvgIpc) is 2.89. The van der Waals surface area contributed by atoms with Gasteiger partial charge < -0.3 is 15.1 Å². The Morgan fingerprint density at radius 2 is 2.12 bits per heavy atom. The summed E-state index contributed by atoms with van der Waals surface area (Å²) in [6.45, 7) is 4.71. The second kappa shape index (κ2) is 5.87. The zero-order valence-electron chi connectivity index (χ0n) is 10.8. The fraction of sp³-hybridized carbons (Fsp3) is 0.615. The van der Waals surface area contributed by atoms with Gasteiger partial charge >= 0.3 is 0 Å². The minimum atomic E-state index is 0.926. The molecular weight excluding hydrogens is 212 g/mol. The van der Waals surface area contributed by atoms with Gasteiger partial charge in [-0.25, -0.2) is 4.98 Å². The van der Waals surface area contributed by atoms with Gasteiger partial charge in [0.15, 0.2) is 0 Å². The van der Waals surface area contributed by atoms with Crippen molar-refractivity contribution in [3.05, 3.63) is 18.2 Å². The number of likely N-dealkylation sites (tertiary alicyclic amines) is 1. The Balaban J connectivity index is 1.87. The van der Waals surface area contributed by atoms with E-state index in [4.69, 9.17) is 0 Å². The molecule has 0 unspecified atom stereocenters. The van der Waals surface area contributed by atoms with Gasteiger partial charge in [0.2, 0.25) is 0 Å². The first-order chi connectivity index (χ1) is 8.29. The molecule has 17 heavy (non-hydrogen) atoms. The van der Waals surface area contributed by atoms with Gasteiger partial charge in [0, 0.05) is 27.2 Å². The third-order valence-corrected chi connectivity index (χ3v) is 3.33. The molecule has 0 atom stereocenters. The summed E-state index contributed by atoms with van der Waals surface area (Å²) >= 11 is 0. The van der Waals surface area contributed by atoms with E-state index >= 15 is 0 Å². The molecule has 1 aliphatic rings. The number of aromatic nitrogens is 1. The molecule has 1 aliphatic heterocycles. The molecule has 0 amide bonds. The Kier molecular flexibility index (Phi) is 4.20. The third-order valence-electron chi connectivity index (χ3n) is 3.33. The zero-order valence-corrected chi connectivity index (χ0v) is 10.8. The second-order valence-corrected chi connectivity index (χ2v) is 4.60. The Hall–Kier alpha value is -1.29. The van der Waals surface area contributed by atoms with Crippen LogP contribution < -0.4 is 10.2 Å². The van der Waals surface area contributed by atoms with Gasteiger partial charge in [-0.2, -0.15) is 0 Å². The minimum Gasteiger partial charge on any atom is -0.373 e. The monoisotopic (exact) mass is 234 g/mol. The Morgan fingerprint density at radius 3 is 2.82 bits per heavy atom. The van der Waals surface area contributed by atoms with Crippen molar-refractivity contribution >= 4 is 11.6 Å². The average molecular weight is 234 g/mol. The number of likely N-dealkylation sites (N-methyl/N-ethyl adjacent to an activating group) is 1. The van der Waals surface area contributed by atoms with Gasteiger partial charge in [-0.05, 0) is 38.1 Å². The van der Waals surface area contributed by atoms with Gasteiger partial charge in [0.1, 0.15) is 11.6 Å². The maximum Gasteiger partial charge on any atom is 0.130 e. The summed E-state index contributed by atoms with van der Waals surface area (Å²) in [5.41, 5.74) is 0. The minimum absolute atomic E-state index is 0.926. The Morgan fingerprint density at radius 1 is 1.35 bits per heavy atom. The highest BCUT2D eigenvalue weighted by Crippen LogP contribution is 2.13. The van der Waals surface area contributed by atoms with E-state index in [-0.39, 0.29) is 0 Å². The first-order valence-electron chi connectivity index (χ1n) is 6.38. The van der Waals surface area contributed by atoms with Crippen molar-refractivity contribution in [2.75, 3.05) is 50.5 Å². The van der Waals surface area contributed by atoms with Gasteiger partial charge in [-0.1, -0.05) is 6.07 Å². The summed E-state index contributed by atoms with van der Waals surface area (Å²) < 4.78 is 0. The second-order valence-electron chi connectivity index (χ2n) is 4.60. The summed E-state index contributed by atoms with van der Waals surface area (Å²) in [6.07, 6.45) is 2.72. The van der Waals surface area contributed by atoms with E-state index in [0.717, 1.165) is 24.7 Å².